The maximum atomic E-state index is 11.9. The number of aryl methyl sites for hydroxylation is 1. The van der Waals surface area contributed by atoms with E-state index in [1.54, 1.807) is 13.2 Å². The number of nitrogens with zero attached hydrogens (tertiary/aromatic N) is 2. The lowest BCUT2D eigenvalue weighted by molar-refractivity contribution is 0.125. The van der Waals surface area contributed by atoms with E-state index in [1.807, 2.05) is 0 Å². The van der Waals surface area contributed by atoms with E-state index in [-0.39, 0.29) is 11.2 Å². The molecule has 1 aromatic rings. The predicted molar refractivity (Wildman–Crippen MR) is 78.9 cm³/mol. The van der Waals surface area contributed by atoms with Crippen molar-refractivity contribution in [2.24, 2.45) is 20.0 Å². The van der Waals surface area contributed by atoms with Gasteiger partial charge >= 0.3 is 5.69 Å². The van der Waals surface area contributed by atoms with Crippen molar-refractivity contribution in [3.63, 3.8) is 0 Å². The molecular weight excluding hydrogens is 258 g/mol. The molecule has 0 aliphatic carbocycles. The van der Waals surface area contributed by atoms with Gasteiger partial charge in [0.15, 0.2) is 0 Å². The Bertz CT molecular complexity index is 531. The Labute approximate surface area is 119 Å². The molecule has 6 nitrogen and oxygen atoms in total. The fourth-order valence-corrected chi connectivity index (χ4v) is 1.79. The van der Waals surface area contributed by atoms with E-state index in [9.17, 15) is 9.59 Å². The summed E-state index contributed by atoms with van der Waals surface area (Å²) >= 11 is 0. The van der Waals surface area contributed by atoms with Crippen LogP contribution in [-0.2, 0) is 25.4 Å². The van der Waals surface area contributed by atoms with Crippen molar-refractivity contribution in [2.75, 3.05) is 19.8 Å². The van der Waals surface area contributed by atoms with Gasteiger partial charge in [0.1, 0.15) is 0 Å². The Morgan fingerprint density at radius 2 is 1.95 bits per heavy atom. The molecule has 0 aliphatic rings. The first-order valence-electron chi connectivity index (χ1n) is 6.97. The van der Waals surface area contributed by atoms with E-state index in [2.05, 4.69) is 19.2 Å². The van der Waals surface area contributed by atoms with Crippen LogP contribution < -0.4 is 16.6 Å². The molecule has 0 saturated carbocycles. The number of rotatable bonds is 8. The number of hydrogen-bond acceptors (Lipinski definition) is 4. The van der Waals surface area contributed by atoms with Crippen molar-refractivity contribution in [3.05, 3.63) is 32.6 Å². The molecule has 0 unspecified atom stereocenters. The minimum Gasteiger partial charge on any atom is -0.380 e. The third-order valence-electron chi connectivity index (χ3n) is 3.10. The Morgan fingerprint density at radius 1 is 1.25 bits per heavy atom. The molecule has 0 spiro atoms. The van der Waals surface area contributed by atoms with Gasteiger partial charge in [0.25, 0.3) is 5.56 Å². The summed E-state index contributed by atoms with van der Waals surface area (Å²) in [5.41, 5.74) is 0.0221. The van der Waals surface area contributed by atoms with Crippen LogP contribution >= 0.6 is 0 Å². The van der Waals surface area contributed by atoms with Crippen molar-refractivity contribution < 1.29 is 4.74 Å². The van der Waals surface area contributed by atoms with Crippen LogP contribution in [0.2, 0.25) is 0 Å². The number of ether oxygens (including phenoxy) is 1. The van der Waals surface area contributed by atoms with Gasteiger partial charge < -0.3 is 14.6 Å². The zero-order valence-electron chi connectivity index (χ0n) is 12.8. The molecule has 6 heteroatoms. The van der Waals surface area contributed by atoms with Crippen LogP contribution in [0.1, 0.15) is 25.8 Å². The molecule has 0 fully saturated rings. The highest BCUT2D eigenvalue weighted by Crippen LogP contribution is 1.98. The Hall–Kier alpha value is -1.40. The molecule has 0 aliphatic heterocycles. The monoisotopic (exact) mass is 283 g/mol. The highest BCUT2D eigenvalue weighted by molar-refractivity contribution is 5.05. The molecule has 1 heterocycles. The summed E-state index contributed by atoms with van der Waals surface area (Å²) < 4.78 is 8.01. The standard InChI is InChI=1S/C14H25N3O3/c1-11(2)5-7-20-8-6-15-9-12-10-16(3)14(19)17(4)13(12)18/h10-11,15H,5-9H2,1-4H3. The van der Waals surface area contributed by atoms with Crippen LogP contribution in [0.15, 0.2) is 15.8 Å². The van der Waals surface area contributed by atoms with Crippen molar-refractivity contribution in [2.45, 2.75) is 26.8 Å². The zero-order valence-corrected chi connectivity index (χ0v) is 12.8. The minimum atomic E-state index is -0.309. The van der Waals surface area contributed by atoms with E-state index in [0.717, 1.165) is 17.6 Å². The first-order chi connectivity index (χ1) is 9.43. The third kappa shape index (κ3) is 4.94. The van der Waals surface area contributed by atoms with E-state index in [4.69, 9.17) is 4.74 Å². The molecule has 1 N–H and O–H groups in total. The van der Waals surface area contributed by atoms with Crippen LogP contribution in [0, 0.1) is 5.92 Å². The van der Waals surface area contributed by atoms with Crippen LogP contribution in [0.5, 0.6) is 0 Å². The molecule has 0 radical (unpaired) electrons. The number of nitrogens with one attached hydrogen (secondary N) is 1. The van der Waals surface area contributed by atoms with Gasteiger partial charge in [-0.25, -0.2) is 4.79 Å². The van der Waals surface area contributed by atoms with Gasteiger partial charge in [0, 0.05) is 45.6 Å². The van der Waals surface area contributed by atoms with E-state index in [1.165, 1.54) is 11.6 Å². The lowest BCUT2D eigenvalue weighted by Crippen LogP contribution is -2.39. The highest BCUT2D eigenvalue weighted by Gasteiger charge is 2.05. The zero-order chi connectivity index (χ0) is 15.1. The van der Waals surface area contributed by atoms with Crippen LogP contribution in [-0.4, -0.2) is 28.9 Å². The Balaban J connectivity index is 2.36. The van der Waals surface area contributed by atoms with Gasteiger partial charge in [-0.05, 0) is 12.3 Å². The van der Waals surface area contributed by atoms with Crippen molar-refractivity contribution in [1.29, 1.82) is 0 Å². The fraction of sp³-hybridized carbons (Fsp3) is 0.714. The van der Waals surface area contributed by atoms with Gasteiger partial charge in [-0.3, -0.25) is 9.36 Å². The van der Waals surface area contributed by atoms with Crippen molar-refractivity contribution >= 4 is 0 Å². The summed E-state index contributed by atoms with van der Waals surface area (Å²) in [6, 6.07) is 0. The fourth-order valence-electron chi connectivity index (χ4n) is 1.79. The topological polar surface area (TPSA) is 65.3 Å². The predicted octanol–water partition coefficient (Wildman–Crippen LogP) is 0.236. The number of hydrogen-bond donors (Lipinski definition) is 1. The first kappa shape index (κ1) is 16.7. The Morgan fingerprint density at radius 3 is 2.60 bits per heavy atom. The molecule has 1 rings (SSSR count). The first-order valence-corrected chi connectivity index (χ1v) is 6.97. The second kappa shape index (κ2) is 8.01. The summed E-state index contributed by atoms with van der Waals surface area (Å²) in [7, 11) is 3.13. The van der Waals surface area contributed by atoms with Gasteiger partial charge in [-0.15, -0.1) is 0 Å². The summed E-state index contributed by atoms with van der Waals surface area (Å²) in [5, 5.41) is 3.15. The Kier molecular flexibility index (Phi) is 6.67. The maximum absolute atomic E-state index is 11.9. The highest BCUT2D eigenvalue weighted by atomic mass is 16.5. The molecule has 114 valence electrons. The van der Waals surface area contributed by atoms with Gasteiger partial charge in [-0.1, -0.05) is 13.8 Å². The lowest BCUT2D eigenvalue weighted by Gasteiger charge is -2.09. The smallest absolute Gasteiger partial charge is 0.330 e. The second-order valence-electron chi connectivity index (χ2n) is 5.38. The molecule has 0 bridgehead atoms. The minimum absolute atomic E-state index is 0.249. The van der Waals surface area contributed by atoms with Crippen LogP contribution in [0.3, 0.4) is 0 Å². The van der Waals surface area contributed by atoms with Crippen LogP contribution in [0.4, 0.5) is 0 Å². The molecule has 0 atom stereocenters. The maximum Gasteiger partial charge on any atom is 0.330 e. The molecule has 0 saturated heterocycles. The van der Waals surface area contributed by atoms with Crippen LogP contribution in [0.25, 0.3) is 0 Å². The lowest BCUT2D eigenvalue weighted by atomic mass is 10.1. The van der Waals surface area contributed by atoms with Crippen molar-refractivity contribution in [3.8, 4) is 0 Å². The second-order valence-corrected chi connectivity index (χ2v) is 5.38. The average Bonchev–Trinajstić information content (AvgIpc) is 2.40. The quantitative estimate of drug-likeness (QED) is 0.694. The summed E-state index contributed by atoms with van der Waals surface area (Å²) in [6.07, 6.45) is 2.64. The summed E-state index contributed by atoms with van der Waals surface area (Å²) in [6.45, 7) is 6.84. The summed E-state index contributed by atoms with van der Waals surface area (Å²) in [4.78, 5) is 23.4. The molecule has 0 amide bonds. The largest absolute Gasteiger partial charge is 0.380 e. The van der Waals surface area contributed by atoms with Gasteiger partial charge in [0.05, 0.1) is 6.61 Å². The van der Waals surface area contributed by atoms with E-state index >= 15 is 0 Å². The molecular formula is C14H25N3O3. The molecule has 20 heavy (non-hydrogen) atoms. The average molecular weight is 283 g/mol. The van der Waals surface area contributed by atoms with Crippen molar-refractivity contribution in [1.82, 2.24) is 14.5 Å². The third-order valence-corrected chi connectivity index (χ3v) is 3.10. The SMILES string of the molecule is CC(C)CCOCCNCc1cn(C)c(=O)n(C)c1=O. The normalized spacial score (nSPS) is 11.2. The van der Waals surface area contributed by atoms with Gasteiger partial charge in [0.2, 0.25) is 0 Å². The molecule has 0 aromatic carbocycles. The summed E-state index contributed by atoms with van der Waals surface area (Å²) in [5.74, 6) is 0.650. The number of aromatic nitrogens is 2. The van der Waals surface area contributed by atoms with Gasteiger partial charge in [-0.2, -0.15) is 0 Å². The molecule has 1 aromatic heterocycles. The van der Waals surface area contributed by atoms with E-state index in [0.29, 0.717) is 31.2 Å². The van der Waals surface area contributed by atoms with E-state index < -0.39 is 0 Å².